The minimum atomic E-state index is -0.520. The molecule has 6 heteroatoms. The van der Waals surface area contributed by atoms with Gasteiger partial charge in [0.1, 0.15) is 5.60 Å². The van der Waals surface area contributed by atoms with Gasteiger partial charge in [-0.2, -0.15) is 0 Å². The van der Waals surface area contributed by atoms with Gasteiger partial charge in [-0.3, -0.25) is 0 Å². The topological polar surface area (TPSA) is 93.4 Å². The van der Waals surface area contributed by atoms with Gasteiger partial charge in [-0.1, -0.05) is 24.3 Å². The van der Waals surface area contributed by atoms with E-state index in [1.807, 2.05) is 45.0 Å². The van der Waals surface area contributed by atoms with Gasteiger partial charge in [-0.25, -0.2) is 9.59 Å². The predicted molar refractivity (Wildman–Crippen MR) is 80.8 cm³/mol. The van der Waals surface area contributed by atoms with Gasteiger partial charge < -0.3 is 21.1 Å². The Labute approximate surface area is 125 Å². The number of nitrogens with one attached hydrogen (secondary N) is 2. The molecule has 0 unspecified atom stereocenters. The van der Waals surface area contributed by atoms with Gasteiger partial charge in [0.05, 0.1) is 0 Å². The monoisotopic (exact) mass is 293 g/mol. The maximum Gasteiger partial charge on any atom is 0.407 e. The fraction of sp³-hybridized carbons (Fsp3) is 0.467. The third kappa shape index (κ3) is 7.81. The quantitative estimate of drug-likeness (QED) is 0.774. The molecule has 0 atom stereocenters. The van der Waals surface area contributed by atoms with E-state index in [0.29, 0.717) is 19.5 Å². The summed E-state index contributed by atoms with van der Waals surface area (Å²) in [7, 11) is 0. The van der Waals surface area contributed by atoms with Crippen LogP contribution in [0.5, 0.6) is 0 Å². The Hall–Kier alpha value is -2.24. The molecule has 1 aromatic carbocycles. The fourth-order valence-electron chi connectivity index (χ4n) is 1.64. The van der Waals surface area contributed by atoms with Gasteiger partial charge in [0.15, 0.2) is 0 Å². The van der Waals surface area contributed by atoms with Gasteiger partial charge in [-0.05, 0) is 38.3 Å². The van der Waals surface area contributed by atoms with Crippen LogP contribution in [0.2, 0.25) is 0 Å². The number of ether oxygens (including phenoxy) is 1. The van der Waals surface area contributed by atoms with E-state index < -0.39 is 17.7 Å². The smallest absolute Gasteiger partial charge is 0.407 e. The predicted octanol–water partition coefficient (Wildman–Crippen LogP) is 1.92. The number of alkyl carbamates (subject to hydrolysis) is 1. The molecule has 1 aromatic rings. The molecule has 0 aliphatic carbocycles. The number of hydrogen-bond donors (Lipinski definition) is 3. The van der Waals surface area contributed by atoms with Crippen molar-refractivity contribution in [1.82, 2.24) is 10.6 Å². The first kappa shape index (κ1) is 16.8. The third-order valence-corrected chi connectivity index (χ3v) is 2.57. The second-order valence-corrected chi connectivity index (χ2v) is 5.71. The first-order valence-corrected chi connectivity index (χ1v) is 6.84. The minimum absolute atomic E-state index is 0.411. The zero-order chi connectivity index (χ0) is 15.9. The molecule has 21 heavy (non-hydrogen) atoms. The SMILES string of the molecule is CC(C)(C)OC(=O)NCc1ccc(CCNC(N)=O)cc1. The molecule has 0 heterocycles. The lowest BCUT2D eigenvalue weighted by Crippen LogP contribution is -2.32. The molecule has 0 aromatic heterocycles. The summed E-state index contributed by atoms with van der Waals surface area (Å²) in [5.74, 6) is 0. The highest BCUT2D eigenvalue weighted by Crippen LogP contribution is 2.08. The Kier molecular flexibility index (Phi) is 6.02. The van der Waals surface area contributed by atoms with Gasteiger partial charge in [0.25, 0.3) is 0 Å². The molecule has 0 aliphatic rings. The molecular weight excluding hydrogens is 270 g/mol. The molecular formula is C15H23N3O3. The van der Waals surface area contributed by atoms with Crippen LogP contribution in [0.15, 0.2) is 24.3 Å². The lowest BCUT2D eigenvalue weighted by molar-refractivity contribution is 0.0523. The normalized spacial score (nSPS) is 10.8. The van der Waals surface area contributed by atoms with Crippen molar-refractivity contribution in [2.45, 2.75) is 39.3 Å². The van der Waals surface area contributed by atoms with Crippen molar-refractivity contribution in [1.29, 1.82) is 0 Å². The van der Waals surface area contributed by atoms with E-state index in [1.165, 1.54) is 0 Å². The summed E-state index contributed by atoms with van der Waals surface area (Å²) >= 11 is 0. The Balaban J connectivity index is 2.37. The summed E-state index contributed by atoms with van der Waals surface area (Å²) in [4.78, 5) is 22.1. The number of carbonyl (C=O) groups is 2. The molecule has 4 N–H and O–H groups in total. The highest BCUT2D eigenvalue weighted by molar-refractivity contribution is 5.71. The van der Waals surface area contributed by atoms with E-state index in [0.717, 1.165) is 11.1 Å². The largest absolute Gasteiger partial charge is 0.444 e. The molecule has 0 aliphatic heterocycles. The number of nitrogens with two attached hydrogens (primary N) is 1. The number of urea groups is 1. The Bertz CT molecular complexity index is 478. The van der Waals surface area contributed by atoms with Crippen LogP contribution in [-0.4, -0.2) is 24.3 Å². The third-order valence-electron chi connectivity index (χ3n) is 2.57. The Morgan fingerprint density at radius 3 is 2.19 bits per heavy atom. The van der Waals surface area contributed by atoms with E-state index in [4.69, 9.17) is 10.5 Å². The number of hydrogen-bond acceptors (Lipinski definition) is 3. The average Bonchev–Trinajstić information content (AvgIpc) is 2.35. The molecule has 0 fully saturated rings. The summed E-state index contributed by atoms with van der Waals surface area (Å²) in [6.07, 6.45) is 0.278. The highest BCUT2D eigenvalue weighted by atomic mass is 16.6. The van der Waals surface area contributed by atoms with E-state index in [9.17, 15) is 9.59 Å². The van der Waals surface area contributed by atoms with Crippen LogP contribution in [0.25, 0.3) is 0 Å². The second kappa shape index (κ2) is 7.52. The maximum atomic E-state index is 11.5. The van der Waals surface area contributed by atoms with Crippen molar-refractivity contribution in [3.05, 3.63) is 35.4 Å². The first-order chi connectivity index (χ1) is 9.76. The fourth-order valence-corrected chi connectivity index (χ4v) is 1.64. The van der Waals surface area contributed by atoms with Crippen molar-refractivity contribution in [3.8, 4) is 0 Å². The van der Waals surface area contributed by atoms with Crippen LogP contribution in [0.1, 0.15) is 31.9 Å². The molecule has 1 rings (SSSR count). The molecule has 116 valence electrons. The average molecular weight is 293 g/mol. The van der Waals surface area contributed by atoms with Gasteiger partial charge in [0.2, 0.25) is 0 Å². The van der Waals surface area contributed by atoms with E-state index in [1.54, 1.807) is 0 Å². The van der Waals surface area contributed by atoms with Crippen molar-refractivity contribution >= 4 is 12.1 Å². The van der Waals surface area contributed by atoms with Crippen molar-refractivity contribution in [2.75, 3.05) is 6.54 Å². The molecule has 0 saturated heterocycles. The van der Waals surface area contributed by atoms with E-state index in [2.05, 4.69) is 10.6 Å². The molecule has 0 saturated carbocycles. The van der Waals surface area contributed by atoms with E-state index >= 15 is 0 Å². The van der Waals surface area contributed by atoms with E-state index in [-0.39, 0.29) is 0 Å². The second-order valence-electron chi connectivity index (χ2n) is 5.71. The Morgan fingerprint density at radius 2 is 1.67 bits per heavy atom. The number of carbonyl (C=O) groups excluding carboxylic acids is 2. The molecule has 3 amide bonds. The summed E-state index contributed by atoms with van der Waals surface area (Å²) in [5.41, 5.74) is 6.56. The molecule has 0 bridgehead atoms. The lowest BCUT2D eigenvalue weighted by atomic mass is 10.1. The van der Waals surface area contributed by atoms with Gasteiger partial charge in [0, 0.05) is 13.1 Å². The van der Waals surface area contributed by atoms with Crippen LogP contribution in [0.4, 0.5) is 9.59 Å². The summed E-state index contributed by atoms with van der Waals surface area (Å²) in [6, 6.07) is 7.24. The van der Waals surface area contributed by atoms with Crippen LogP contribution in [0.3, 0.4) is 0 Å². The van der Waals surface area contributed by atoms with Crippen LogP contribution >= 0.6 is 0 Å². The summed E-state index contributed by atoms with van der Waals surface area (Å²) in [6.45, 7) is 6.38. The zero-order valence-corrected chi connectivity index (χ0v) is 12.7. The summed E-state index contributed by atoms with van der Waals surface area (Å²) < 4.78 is 5.16. The standard InChI is InChI=1S/C15H23N3O3/c1-15(2,3)21-14(20)18-10-12-6-4-11(5-7-12)8-9-17-13(16)19/h4-7H,8-10H2,1-3H3,(H,18,20)(H3,16,17,19). The van der Waals surface area contributed by atoms with Gasteiger partial charge in [-0.15, -0.1) is 0 Å². The Morgan fingerprint density at radius 1 is 1.10 bits per heavy atom. The van der Waals surface area contributed by atoms with Crippen molar-refractivity contribution < 1.29 is 14.3 Å². The summed E-state index contributed by atoms with van der Waals surface area (Å²) in [5, 5.41) is 5.23. The van der Waals surface area contributed by atoms with Crippen molar-refractivity contribution in [2.24, 2.45) is 5.73 Å². The number of primary amides is 1. The zero-order valence-electron chi connectivity index (χ0n) is 12.7. The lowest BCUT2D eigenvalue weighted by Gasteiger charge is -2.19. The maximum absolute atomic E-state index is 11.5. The molecule has 6 nitrogen and oxygen atoms in total. The molecule has 0 spiro atoms. The number of benzene rings is 1. The first-order valence-electron chi connectivity index (χ1n) is 6.84. The van der Waals surface area contributed by atoms with Crippen molar-refractivity contribution in [3.63, 3.8) is 0 Å². The minimum Gasteiger partial charge on any atom is -0.444 e. The molecule has 0 radical (unpaired) electrons. The number of rotatable bonds is 5. The van der Waals surface area contributed by atoms with Crippen LogP contribution < -0.4 is 16.4 Å². The van der Waals surface area contributed by atoms with Gasteiger partial charge >= 0.3 is 12.1 Å². The highest BCUT2D eigenvalue weighted by Gasteiger charge is 2.15. The van der Waals surface area contributed by atoms with Crippen LogP contribution in [0, 0.1) is 0 Å². The van der Waals surface area contributed by atoms with Crippen LogP contribution in [-0.2, 0) is 17.7 Å². The number of amides is 3.